The van der Waals surface area contributed by atoms with Crippen LogP contribution in [0.3, 0.4) is 0 Å². The zero-order valence-electron chi connectivity index (χ0n) is 32.4. The minimum absolute atomic E-state index is 0.0722. The van der Waals surface area contributed by atoms with Crippen LogP contribution < -0.4 is 10.6 Å². The molecule has 0 bridgehead atoms. The Bertz CT molecular complexity index is 877. The van der Waals surface area contributed by atoms with Gasteiger partial charge in [-0.15, -0.1) is 0 Å². The number of aliphatic hydroxyl groups excluding tert-OH is 1. The highest BCUT2D eigenvalue weighted by Gasteiger charge is 2.34. The highest BCUT2D eigenvalue weighted by molar-refractivity contribution is 7.98. The molecule has 8 heteroatoms. The van der Waals surface area contributed by atoms with Crippen LogP contribution in [0.1, 0.15) is 133 Å². The number of nitrogens with one attached hydrogen (secondary N) is 2. The molecule has 280 valence electrons. The van der Waals surface area contributed by atoms with Gasteiger partial charge in [0.2, 0.25) is 11.8 Å². The Balaban J connectivity index is -0.00000110. The summed E-state index contributed by atoms with van der Waals surface area (Å²) in [7, 11) is 0. The van der Waals surface area contributed by atoms with Gasteiger partial charge in [-0.25, -0.2) is 0 Å². The zero-order valence-corrected chi connectivity index (χ0v) is 33.3. The van der Waals surface area contributed by atoms with Gasteiger partial charge in [-0.2, -0.15) is 11.8 Å². The maximum Gasteiger partial charge on any atom is 0.305 e. The molecule has 2 amide bonds. The first-order valence-corrected chi connectivity index (χ1v) is 19.7. The number of hydrogen-bond acceptors (Lipinski definition) is 6. The number of rotatable bonds is 24. The van der Waals surface area contributed by atoms with Crippen LogP contribution in [0.25, 0.3) is 0 Å². The van der Waals surface area contributed by atoms with E-state index in [1.165, 1.54) is 12.8 Å². The summed E-state index contributed by atoms with van der Waals surface area (Å²) in [6.07, 6.45) is 31.4. The van der Waals surface area contributed by atoms with E-state index in [4.69, 9.17) is 4.74 Å². The first kappa shape index (κ1) is 52.2. The molecule has 0 heterocycles. The summed E-state index contributed by atoms with van der Waals surface area (Å²) in [5.74, 6) is -0.263. The molecule has 0 aromatic carbocycles. The van der Waals surface area contributed by atoms with Gasteiger partial charge in [0.1, 0.15) is 6.10 Å². The summed E-state index contributed by atoms with van der Waals surface area (Å²) in [6.45, 7) is 18.5. The van der Waals surface area contributed by atoms with Crippen molar-refractivity contribution < 1.29 is 24.2 Å². The van der Waals surface area contributed by atoms with Gasteiger partial charge in [-0.1, -0.05) is 136 Å². The topological polar surface area (TPSA) is 105 Å². The number of carbonyl (C=O) groups is 3. The Labute approximate surface area is 300 Å². The Morgan fingerprint density at radius 2 is 1.21 bits per heavy atom. The second kappa shape index (κ2) is 42.4. The second-order valence-electron chi connectivity index (χ2n) is 11.0. The van der Waals surface area contributed by atoms with Crippen molar-refractivity contribution >= 4 is 29.5 Å². The Morgan fingerprint density at radius 1 is 0.729 bits per heavy atom. The summed E-state index contributed by atoms with van der Waals surface area (Å²) in [5, 5.41) is 15.7. The van der Waals surface area contributed by atoms with E-state index in [0.717, 1.165) is 44.3 Å². The fourth-order valence-corrected chi connectivity index (χ4v) is 3.59. The molecule has 0 saturated heterocycles. The third-order valence-corrected chi connectivity index (χ3v) is 6.90. The Hall–Kier alpha value is -2.58. The number of ether oxygens (including phenoxy) is 1. The Kier molecular flexibility index (Phi) is 46.2. The molecule has 7 nitrogen and oxygen atoms in total. The summed E-state index contributed by atoms with van der Waals surface area (Å²) in [5.41, 5.74) is -0.954. The van der Waals surface area contributed by atoms with Crippen LogP contribution in [0.15, 0.2) is 60.8 Å². The molecule has 48 heavy (non-hydrogen) atoms. The third-order valence-electron chi connectivity index (χ3n) is 6.28. The van der Waals surface area contributed by atoms with E-state index in [1.807, 2.05) is 34.0 Å². The molecule has 0 unspecified atom stereocenters. The number of allylic oxidation sites excluding steroid dienone is 10. The highest BCUT2D eigenvalue weighted by atomic mass is 32.2. The van der Waals surface area contributed by atoms with Crippen molar-refractivity contribution in [2.45, 2.75) is 139 Å². The van der Waals surface area contributed by atoms with Gasteiger partial charge in [0.05, 0.1) is 6.61 Å². The quantitative estimate of drug-likeness (QED) is 0.0528. The molecule has 0 fully saturated rings. The lowest BCUT2D eigenvalue weighted by atomic mass is 9.87. The van der Waals surface area contributed by atoms with Gasteiger partial charge in [-0.05, 0) is 51.2 Å². The fourth-order valence-electron chi connectivity index (χ4n) is 3.28. The van der Waals surface area contributed by atoms with Crippen molar-refractivity contribution in [1.29, 1.82) is 0 Å². The van der Waals surface area contributed by atoms with Crippen LogP contribution in [0.4, 0.5) is 0 Å². The lowest BCUT2D eigenvalue weighted by Gasteiger charge is -2.29. The molecule has 0 aliphatic rings. The van der Waals surface area contributed by atoms with E-state index in [1.54, 1.807) is 25.6 Å². The predicted octanol–water partition coefficient (Wildman–Crippen LogP) is 9.68. The van der Waals surface area contributed by atoms with Crippen LogP contribution in [-0.4, -0.2) is 60.7 Å². The average molecular weight is 695 g/mol. The number of esters is 1. The minimum atomic E-state index is -1.36. The molecule has 0 aromatic rings. The molecule has 0 rings (SSSR count). The van der Waals surface area contributed by atoms with Crippen LogP contribution in [-0.2, 0) is 19.1 Å². The molecular weight excluding hydrogens is 621 g/mol. The van der Waals surface area contributed by atoms with E-state index in [0.29, 0.717) is 13.0 Å². The third kappa shape index (κ3) is 39.6. The van der Waals surface area contributed by atoms with Crippen LogP contribution >= 0.6 is 11.8 Å². The van der Waals surface area contributed by atoms with Gasteiger partial charge < -0.3 is 20.5 Å². The number of aliphatic hydroxyl groups is 1. The fraction of sp³-hybridized carbons (Fsp3) is 0.675. The molecule has 0 aliphatic heterocycles. The number of unbranched alkanes of at least 4 members (excludes halogenated alkanes) is 2. The van der Waals surface area contributed by atoms with Crippen molar-refractivity contribution in [1.82, 2.24) is 10.6 Å². The Morgan fingerprint density at radius 3 is 1.67 bits per heavy atom. The van der Waals surface area contributed by atoms with E-state index in [2.05, 4.69) is 92.2 Å². The average Bonchev–Trinajstić information content (AvgIpc) is 3.10. The number of carbonyl (C=O) groups excluding carboxylic acids is 3. The summed E-state index contributed by atoms with van der Waals surface area (Å²) < 4.78 is 5.31. The molecule has 0 aliphatic carbocycles. The first-order chi connectivity index (χ1) is 23.2. The summed E-state index contributed by atoms with van der Waals surface area (Å²) >= 11 is 1.64. The normalized spacial score (nSPS) is 11.9. The van der Waals surface area contributed by atoms with E-state index >= 15 is 0 Å². The number of amides is 2. The van der Waals surface area contributed by atoms with Crippen molar-refractivity contribution in [2.75, 3.05) is 31.7 Å². The maximum atomic E-state index is 12.3. The van der Waals surface area contributed by atoms with Gasteiger partial charge in [0.25, 0.3) is 0 Å². The summed E-state index contributed by atoms with van der Waals surface area (Å²) in [6, 6.07) is 0. The number of thioether (sulfide) groups is 1. The van der Waals surface area contributed by atoms with E-state index in [9.17, 15) is 19.5 Å². The van der Waals surface area contributed by atoms with Crippen molar-refractivity contribution in [3.8, 4) is 0 Å². The van der Waals surface area contributed by atoms with Crippen LogP contribution in [0.2, 0.25) is 0 Å². The minimum Gasteiger partial charge on any atom is -0.465 e. The molecule has 3 N–H and O–H groups in total. The van der Waals surface area contributed by atoms with E-state index < -0.39 is 17.4 Å². The largest absolute Gasteiger partial charge is 0.465 e. The second-order valence-corrected chi connectivity index (χ2v) is 12.0. The van der Waals surface area contributed by atoms with Crippen molar-refractivity contribution in [2.24, 2.45) is 5.41 Å². The molecule has 0 saturated carbocycles. The lowest BCUT2D eigenvalue weighted by Crippen LogP contribution is -2.47. The van der Waals surface area contributed by atoms with Gasteiger partial charge in [0, 0.05) is 37.1 Å². The number of hydrogen-bond donors (Lipinski definition) is 3. The van der Waals surface area contributed by atoms with E-state index in [-0.39, 0.29) is 37.9 Å². The van der Waals surface area contributed by atoms with Crippen LogP contribution in [0, 0.1) is 5.41 Å². The summed E-state index contributed by atoms with van der Waals surface area (Å²) in [4.78, 5) is 36.1. The molecule has 0 aromatic heterocycles. The molecule has 0 radical (unpaired) electrons. The zero-order chi connectivity index (χ0) is 37.3. The lowest BCUT2D eigenvalue weighted by molar-refractivity contribution is -0.153. The van der Waals surface area contributed by atoms with Gasteiger partial charge in [-0.3, -0.25) is 14.4 Å². The van der Waals surface area contributed by atoms with Crippen molar-refractivity contribution in [3.63, 3.8) is 0 Å². The van der Waals surface area contributed by atoms with Gasteiger partial charge >= 0.3 is 5.97 Å². The monoisotopic (exact) mass is 695 g/mol. The van der Waals surface area contributed by atoms with Gasteiger partial charge in [0.15, 0.2) is 0 Å². The molecule has 1 atom stereocenters. The smallest absolute Gasteiger partial charge is 0.305 e. The highest BCUT2D eigenvalue weighted by Crippen LogP contribution is 2.22. The molecular formula is C40H74N2O5S. The standard InChI is InChI=1S/C32H52N2O5S.C4H10.2C2H6/c1-5-6-7-8-9-10-11-12-13-14-15-16-17-18-19-20-21-22-29(36)39-27-32(2,3)30(37)31(38)34-24-23-28(35)33-25-26-40-4;1-3-4-2;2*1-2/h6-7,9-10,12-13,15-16,18-19,30,37H,5,8,11,14,17,20-27H2,1-4H3,(H,33,35)(H,34,38);3-4H2,1-2H3;2*1-2H3/b7-6-,10-9-,13-12-,16-15-,19-18-;;;/t30-;;;/m0.../s1. The molecule has 0 spiro atoms. The van der Waals surface area contributed by atoms with Crippen molar-refractivity contribution in [3.05, 3.63) is 60.8 Å². The van der Waals surface area contributed by atoms with Crippen LogP contribution in [0.5, 0.6) is 0 Å². The SMILES string of the molecule is CC.CC.CC/C=C\C/C=C\C/C=C\C/C=C\C/C=C\CCCC(=O)OCC(C)(C)[C@@H](O)C(=O)NCCC(=O)NCCSC.CCCC. The first-order valence-electron chi connectivity index (χ1n) is 18.3. The predicted molar refractivity (Wildman–Crippen MR) is 211 cm³/mol. The maximum absolute atomic E-state index is 12.3.